The summed E-state index contributed by atoms with van der Waals surface area (Å²) in [6, 6.07) is 9.49. The highest BCUT2D eigenvalue weighted by Crippen LogP contribution is 1.93. The van der Waals surface area contributed by atoms with Crippen LogP contribution in [0.15, 0.2) is 61.3 Å². The lowest BCUT2D eigenvalue weighted by atomic mass is 10.5. The molecule has 3 aromatic heterocycles. The lowest BCUT2D eigenvalue weighted by Crippen LogP contribution is -1.85. The Morgan fingerprint density at radius 3 is 1.76 bits per heavy atom. The molecular weight excluding hydrogens is 260 g/mol. The summed E-state index contributed by atoms with van der Waals surface area (Å²) in [6.07, 6.45) is 8.77. The summed E-state index contributed by atoms with van der Waals surface area (Å²) < 4.78 is 1.72. The van der Waals surface area contributed by atoms with Crippen LogP contribution in [0.5, 0.6) is 0 Å². The molecule has 3 heterocycles. The van der Waals surface area contributed by atoms with Crippen LogP contribution >= 0.6 is 0 Å². The molecule has 0 spiro atoms. The van der Waals surface area contributed by atoms with Gasteiger partial charge in [0.25, 0.3) is 0 Å². The molecule has 3 aromatic rings. The molecule has 0 saturated carbocycles. The molecule has 0 saturated heterocycles. The first kappa shape index (κ1) is 21.1. The Bertz CT molecular complexity index is 449. The molecular formula is C17H28N4. The van der Waals surface area contributed by atoms with Crippen LogP contribution in [-0.2, 0) is 0 Å². The SMILES string of the molecule is CC.CC.CC.c1ccncc1.c1cnn2ccnc2c1. The van der Waals surface area contributed by atoms with Crippen LogP contribution in [0.25, 0.3) is 5.65 Å². The number of hydrogen-bond acceptors (Lipinski definition) is 3. The van der Waals surface area contributed by atoms with E-state index in [0.29, 0.717) is 0 Å². The van der Waals surface area contributed by atoms with Gasteiger partial charge in [0, 0.05) is 31.0 Å². The summed E-state index contributed by atoms with van der Waals surface area (Å²) in [6.45, 7) is 12.0. The van der Waals surface area contributed by atoms with Gasteiger partial charge >= 0.3 is 0 Å². The molecule has 0 aliphatic rings. The fourth-order valence-corrected chi connectivity index (χ4v) is 1.08. The predicted molar refractivity (Wildman–Crippen MR) is 91.3 cm³/mol. The van der Waals surface area contributed by atoms with E-state index in [-0.39, 0.29) is 0 Å². The molecule has 0 aliphatic heterocycles. The van der Waals surface area contributed by atoms with Gasteiger partial charge in [0.05, 0.1) is 0 Å². The first-order valence-corrected chi connectivity index (χ1v) is 7.56. The second-order valence-corrected chi connectivity index (χ2v) is 2.78. The monoisotopic (exact) mass is 288 g/mol. The smallest absolute Gasteiger partial charge is 0.153 e. The van der Waals surface area contributed by atoms with E-state index in [4.69, 9.17) is 0 Å². The van der Waals surface area contributed by atoms with Crippen LogP contribution in [-0.4, -0.2) is 19.6 Å². The predicted octanol–water partition coefficient (Wildman–Crippen LogP) is 4.89. The van der Waals surface area contributed by atoms with E-state index in [0.717, 1.165) is 5.65 Å². The molecule has 0 atom stereocenters. The molecule has 3 rings (SSSR count). The minimum absolute atomic E-state index is 0.887. The van der Waals surface area contributed by atoms with Crippen LogP contribution in [0.2, 0.25) is 0 Å². The maximum Gasteiger partial charge on any atom is 0.153 e. The number of hydrogen-bond donors (Lipinski definition) is 0. The molecule has 0 N–H and O–H groups in total. The van der Waals surface area contributed by atoms with E-state index in [2.05, 4.69) is 15.1 Å². The number of aromatic nitrogens is 4. The topological polar surface area (TPSA) is 43.1 Å². The highest BCUT2D eigenvalue weighted by atomic mass is 15.2. The maximum atomic E-state index is 4.02. The number of rotatable bonds is 0. The number of fused-ring (bicyclic) bond motifs is 1. The minimum Gasteiger partial charge on any atom is -0.265 e. The Morgan fingerprint density at radius 1 is 0.714 bits per heavy atom. The van der Waals surface area contributed by atoms with Crippen LogP contribution < -0.4 is 0 Å². The van der Waals surface area contributed by atoms with Gasteiger partial charge in [-0.25, -0.2) is 9.50 Å². The van der Waals surface area contributed by atoms with E-state index < -0.39 is 0 Å². The zero-order valence-electron chi connectivity index (χ0n) is 14.1. The highest BCUT2D eigenvalue weighted by molar-refractivity contribution is 5.34. The quantitative estimate of drug-likeness (QED) is 0.591. The van der Waals surface area contributed by atoms with Crippen LogP contribution in [0.4, 0.5) is 0 Å². The normalized spacial score (nSPS) is 7.52. The summed E-state index contributed by atoms with van der Waals surface area (Å²) >= 11 is 0. The van der Waals surface area contributed by atoms with Gasteiger partial charge in [0.15, 0.2) is 5.65 Å². The van der Waals surface area contributed by atoms with Crippen molar-refractivity contribution in [2.75, 3.05) is 0 Å². The summed E-state index contributed by atoms with van der Waals surface area (Å²) in [5.41, 5.74) is 0.887. The van der Waals surface area contributed by atoms with E-state index in [1.807, 2.05) is 78.1 Å². The number of pyridine rings is 1. The molecule has 0 bridgehead atoms. The fourth-order valence-electron chi connectivity index (χ4n) is 1.08. The van der Waals surface area contributed by atoms with Crippen molar-refractivity contribution in [2.45, 2.75) is 41.5 Å². The standard InChI is InChI=1S/C6H5N3.C5H5N.3C2H6/c1-2-6-7-4-5-9(6)8-3-1;1-2-4-6-5-3-1;3*1-2/h1-5H;1-5H;3*1-2H3. The summed E-state index contributed by atoms with van der Waals surface area (Å²) in [7, 11) is 0. The molecule has 0 amide bonds. The molecule has 0 aromatic carbocycles. The third-order valence-electron chi connectivity index (χ3n) is 1.74. The van der Waals surface area contributed by atoms with Gasteiger partial charge in [-0.3, -0.25) is 4.98 Å². The second kappa shape index (κ2) is 17.8. The van der Waals surface area contributed by atoms with Crippen molar-refractivity contribution in [3.63, 3.8) is 0 Å². The van der Waals surface area contributed by atoms with Gasteiger partial charge in [-0.05, 0) is 24.3 Å². The maximum absolute atomic E-state index is 4.02. The van der Waals surface area contributed by atoms with E-state index in [1.54, 1.807) is 29.3 Å². The van der Waals surface area contributed by atoms with Gasteiger partial charge in [-0.15, -0.1) is 0 Å². The fraction of sp³-hybridized carbons (Fsp3) is 0.353. The Balaban J connectivity index is 0. The molecule has 0 radical (unpaired) electrons. The Hall–Kier alpha value is -2.23. The third kappa shape index (κ3) is 10.2. The van der Waals surface area contributed by atoms with Crippen molar-refractivity contribution in [1.82, 2.24) is 19.6 Å². The summed E-state index contributed by atoms with van der Waals surface area (Å²) in [4.78, 5) is 7.80. The highest BCUT2D eigenvalue weighted by Gasteiger charge is 1.86. The zero-order valence-corrected chi connectivity index (χ0v) is 14.1. The van der Waals surface area contributed by atoms with Crippen molar-refractivity contribution in [1.29, 1.82) is 0 Å². The second-order valence-electron chi connectivity index (χ2n) is 2.78. The largest absolute Gasteiger partial charge is 0.265 e. The summed E-state index contributed by atoms with van der Waals surface area (Å²) in [5, 5.41) is 4.00. The number of imidazole rings is 1. The van der Waals surface area contributed by atoms with Crippen LogP contribution in [0.3, 0.4) is 0 Å². The summed E-state index contributed by atoms with van der Waals surface area (Å²) in [5.74, 6) is 0. The third-order valence-corrected chi connectivity index (χ3v) is 1.74. The molecule has 0 fully saturated rings. The van der Waals surface area contributed by atoms with Crippen molar-refractivity contribution in [2.24, 2.45) is 0 Å². The number of nitrogens with zero attached hydrogens (tertiary/aromatic N) is 4. The minimum atomic E-state index is 0.887. The van der Waals surface area contributed by atoms with Gasteiger partial charge in [0.2, 0.25) is 0 Å². The van der Waals surface area contributed by atoms with Gasteiger partial charge in [0.1, 0.15) is 0 Å². The van der Waals surface area contributed by atoms with Crippen molar-refractivity contribution < 1.29 is 0 Å². The van der Waals surface area contributed by atoms with Crippen molar-refractivity contribution >= 4 is 5.65 Å². The average molecular weight is 288 g/mol. The van der Waals surface area contributed by atoms with Crippen LogP contribution in [0, 0.1) is 0 Å². The zero-order chi connectivity index (χ0) is 16.3. The van der Waals surface area contributed by atoms with Crippen molar-refractivity contribution in [3.05, 3.63) is 61.3 Å². The molecule has 0 aliphatic carbocycles. The molecule has 0 unspecified atom stereocenters. The first-order chi connectivity index (χ1) is 10.5. The van der Waals surface area contributed by atoms with Gasteiger partial charge in [-0.1, -0.05) is 47.6 Å². The van der Waals surface area contributed by atoms with E-state index in [9.17, 15) is 0 Å². The van der Waals surface area contributed by atoms with Gasteiger partial charge < -0.3 is 0 Å². The Labute approximate surface area is 128 Å². The Morgan fingerprint density at radius 2 is 1.33 bits per heavy atom. The lowest BCUT2D eigenvalue weighted by molar-refractivity contribution is 0.936. The first-order valence-electron chi connectivity index (χ1n) is 7.56. The van der Waals surface area contributed by atoms with Gasteiger partial charge in [-0.2, -0.15) is 5.10 Å². The van der Waals surface area contributed by atoms with E-state index >= 15 is 0 Å². The molecule has 21 heavy (non-hydrogen) atoms. The van der Waals surface area contributed by atoms with Crippen molar-refractivity contribution in [3.8, 4) is 0 Å². The molecule has 4 nitrogen and oxygen atoms in total. The van der Waals surface area contributed by atoms with E-state index in [1.165, 1.54) is 0 Å². The average Bonchev–Trinajstić information content (AvgIpc) is 3.11. The molecule has 116 valence electrons. The van der Waals surface area contributed by atoms with Crippen LogP contribution in [0.1, 0.15) is 41.5 Å². The molecule has 4 heteroatoms. The lowest BCUT2D eigenvalue weighted by Gasteiger charge is -1.85. The Kier molecular flexibility index (Phi) is 17.8.